The quantitative estimate of drug-likeness (QED) is 0.637. The second kappa shape index (κ2) is 6.08. The summed E-state index contributed by atoms with van der Waals surface area (Å²) in [5, 5.41) is 2.92. The van der Waals surface area contributed by atoms with Gasteiger partial charge in [0.1, 0.15) is 5.75 Å². The molecule has 0 saturated carbocycles. The molecule has 0 atom stereocenters. The molecule has 2 rings (SSSR count). The lowest BCUT2D eigenvalue weighted by molar-refractivity contribution is -0.117. The van der Waals surface area contributed by atoms with Gasteiger partial charge in [0.2, 0.25) is 5.91 Å². The van der Waals surface area contributed by atoms with Crippen LogP contribution >= 0.6 is 0 Å². The lowest BCUT2D eigenvalue weighted by atomic mass is 10.2. The number of benzene rings is 1. The number of ether oxygens (including phenoxy) is 1. The molecule has 1 aliphatic heterocycles. The first-order valence-corrected chi connectivity index (χ1v) is 5.99. The van der Waals surface area contributed by atoms with E-state index in [2.05, 4.69) is 11.2 Å². The van der Waals surface area contributed by atoms with Crippen LogP contribution in [0.25, 0.3) is 0 Å². The molecule has 1 aromatic rings. The molecule has 0 fully saturated rings. The average Bonchev–Trinajstić information content (AvgIpc) is 2.61. The highest BCUT2D eigenvalue weighted by molar-refractivity contribution is 5.96. The van der Waals surface area contributed by atoms with E-state index in [4.69, 9.17) is 11.2 Å². The minimum atomic E-state index is 0.0169. The molecular formula is C14H16N2O2. The number of terminal acetylenes is 1. The van der Waals surface area contributed by atoms with Gasteiger partial charge in [-0.15, -0.1) is 6.42 Å². The largest absolute Gasteiger partial charge is 0.491 e. The van der Waals surface area contributed by atoms with Crippen molar-refractivity contribution in [1.82, 2.24) is 5.32 Å². The summed E-state index contributed by atoms with van der Waals surface area (Å²) < 4.78 is 5.61. The van der Waals surface area contributed by atoms with Crippen molar-refractivity contribution in [2.45, 2.75) is 6.42 Å². The third-order valence-corrected chi connectivity index (χ3v) is 2.74. The molecular weight excluding hydrogens is 228 g/mol. The zero-order chi connectivity index (χ0) is 12.8. The van der Waals surface area contributed by atoms with Crippen molar-refractivity contribution in [1.29, 1.82) is 0 Å². The molecule has 1 aliphatic rings. The van der Waals surface area contributed by atoms with Crippen LogP contribution < -0.4 is 15.0 Å². The Hall–Kier alpha value is -1.99. The molecule has 0 spiro atoms. The van der Waals surface area contributed by atoms with Crippen LogP contribution in [0, 0.1) is 12.3 Å². The lowest BCUT2D eigenvalue weighted by Crippen LogP contribution is -2.38. The van der Waals surface area contributed by atoms with Crippen molar-refractivity contribution in [2.24, 2.45) is 0 Å². The summed E-state index contributed by atoms with van der Waals surface area (Å²) in [5.41, 5.74) is 0.836. The Labute approximate surface area is 107 Å². The lowest BCUT2D eigenvalue weighted by Gasteiger charge is -2.21. The second-order valence-electron chi connectivity index (χ2n) is 4.02. The highest BCUT2D eigenvalue weighted by atomic mass is 16.5. The van der Waals surface area contributed by atoms with Gasteiger partial charge >= 0.3 is 0 Å². The number of carbonyl (C=O) groups excluding carboxylic acids is 1. The zero-order valence-corrected chi connectivity index (χ0v) is 10.2. The normalized spacial score (nSPS) is 14.1. The molecule has 0 bridgehead atoms. The Kier molecular flexibility index (Phi) is 4.21. The molecule has 94 valence electrons. The maximum Gasteiger partial charge on any atom is 0.241 e. The van der Waals surface area contributed by atoms with E-state index >= 15 is 0 Å². The number of carbonyl (C=O) groups is 1. The minimum Gasteiger partial charge on any atom is -0.491 e. The fraction of sp³-hybridized carbons (Fsp3) is 0.357. The van der Waals surface area contributed by atoms with Crippen LogP contribution in [0.4, 0.5) is 5.69 Å². The summed E-state index contributed by atoms with van der Waals surface area (Å²) >= 11 is 0. The Bertz CT molecular complexity index is 465. The Morgan fingerprint density at radius 3 is 3.17 bits per heavy atom. The van der Waals surface area contributed by atoms with Crippen LogP contribution in [0.2, 0.25) is 0 Å². The SMILES string of the molecule is C#CCNCC(=O)N1CCCOc2ccccc21. The Morgan fingerprint density at radius 2 is 2.33 bits per heavy atom. The standard InChI is InChI=1S/C14H16N2O2/c1-2-8-15-11-14(17)16-9-5-10-18-13-7-4-3-6-12(13)16/h1,3-4,6-7,15H,5,8-11H2. The van der Waals surface area contributed by atoms with Crippen LogP contribution in [0.1, 0.15) is 6.42 Å². The number of nitrogens with one attached hydrogen (secondary N) is 1. The number of anilines is 1. The van der Waals surface area contributed by atoms with Crippen LogP contribution in [0.15, 0.2) is 24.3 Å². The van der Waals surface area contributed by atoms with Gasteiger partial charge in [0.15, 0.2) is 0 Å². The number of hydrogen-bond acceptors (Lipinski definition) is 3. The van der Waals surface area contributed by atoms with Crippen molar-refractivity contribution in [3.05, 3.63) is 24.3 Å². The van der Waals surface area contributed by atoms with Gasteiger partial charge in [-0.05, 0) is 18.6 Å². The highest BCUT2D eigenvalue weighted by Crippen LogP contribution is 2.30. The zero-order valence-electron chi connectivity index (χ0n) is 10.2. The minimum absolute atomic E-state index is 0.0169. The number of rotatable bonds is 3. The second-order valence-corrected chi connectivity index (χ2v) is 4.02. The third kappa shape index (κ3) is 2.82. The fourth-order valence-electron chi connectivity index (χ4n) is 1.92. The van der Waals surface area contributed by atoms with Crippen molar-refractivity contribution in [3.63, 3.8) is 0 Å². The van der Waals surface area contributed by atoms with Gasteiger partial charge in [0, 0.05) is 6.54 Å². The van der Waals surface area contributed by atoms with E-state index < -0.39 is 0 Å². The molecule has 0 saturated heterocycles. The smallest absolute Gasteiger partial charge is 0.241 e. The van der Waals surface area contributed by atoms with Gasteiger partial charge in [-0.25, -0.2) is 0 Å². The molecule has 1 heterocycles. The van der Waals surface area contributed by atoms with E-state index in [1.54, 1.807) is 4.90 Å². The number of nitrogens with zero attached hydrogens (tertiary/aromatic N) is 1. The predicted octanol–water partition coefficient (Wildman–Crippen LogP) is 1.02. The molecule has 0 radical (unpaired) electrons. The van der Waals surface area contributed by atoms with E-state index in [0.717, 1.165) is 17.9 Å². The molecule has 0 aromatic heterocycles. The third-order valence-electron chi connectivity index (χ3n) is 2.74. The van der Waals surface area contributed by atoms with Gasteiger partial charge in [0.25, 0.3) is 0 Å². The van der Waals surface area contributed by atoms with Crippen molar-refractivity contribution >= 4 is 11.6 Å². The molecule has 1 amide bonds. The topological polar surface area (TPSA) is 41.6 Å². The first-order valence-electron chi connectivity index (χ1n) is 5.99. The number of para-hydroxylation sites is 2. The van der Waals surface area contributed by atoms with Gasteiger partial charge in [-0.1, -0.05) is 18.1 Å². The Balaban J connectivity index is 2.12. The summed E-state index contributed by atoms with van der Waals surface area (Å²) in [5.74, 6) is 3.23. The molecule has 4 nitrogen and oxygen atoms in total. The summed E-state index contributed by atoms with van der Waals surface area (Å²) in [6.07, 6.45) is 5.97. The van der Waals surface area contributed by atoms with Crippen LogP contribution in [0.3, 0.4) is 0 Å². The van der Waals surface area contributed by atoms with E-state index in [1.165, 1.54) is 0 Å². The van der Waals surface area contributed by atoms with E-state index in [-0.39, 0.29) is 12.5 Å². The van der Waals surface area contributed by atoms with Gasteiger partial charge < -0.3 is 9.64 Å². The summed E-state index contributed by atoms with van der Waals surface area (Å²) in [6.45, 7) is 1.96. The summed E-state index contributed by atoms with van der Waals surface area (Å²) in [4.78, 5) is 13.9. The molecule has 0 aliphatic carbocycles. The van der Waals surface area contributed by atoms with Crippen molar-refractivity contribution < 1.29 is 9.53 Å². The number of amides is 1. The molecule has 18 heavy (non-hydrogen) atoms. The van der Waals surface area contributed by atoms with Crippen molar-refractivity contribution in [3.8, 4) is 18.1 Å². The summed E-state index contributed by atoms with van der Waals surface area (Å²) in [6, 6.07) is 7.60. The van der Waals surface area contributed by atoms with Crippen LogP contribution in [-0.2, 0) is 4.79 Å². The maximum atomic E-state index is 12.1. The van der Waals surface area contributed by atoms with Gasteiger partial charge in [0.05, 0.1) is 25.4 Å². The van der Waals surface area contributed by atoms with Crippen LogP contribution in [-0.4, -0.2) is 32.1 Å². The maximum absolute atomic E-state index is 12.1. The monoisotopic (exact) mass is 244 g/mol. The van der Waals surface area contributed by atoms with Crippen LogP contribution in [0.5, 0.6) is 5.75 Å². The van der Waals surface area contributed by atoms with Crippen molar-refractivity contribution in [2.75, 3.05) is 31.1 Å². The van der Waals surface area contributed by atoms with Gasteiger partial charge in [-0.3, -0.25) is 10.1 Å². The molecule has 4 heteroatoms. The number of fused-ring (bicyclic) bond motifs is 1. The first kappa shape index (κ1) is 12.5. The van der Waals surface area contributed by atoms with E-state index in [0.29, 0.717) is 19.7 Å². The fourth-order valence-corrected chi connectivity index (χ4v) is 1.92. The van der Waals surface area contributed by atoms with E-state index in [1.807, 2.05) is 24.3 Å². The average molecular weight is 244 g/mol. The molecule has 1 aromatic carbocycles. The Morgan fingerprint density at radius 1 is 1.50 bits per heavy atom. The molecule has 1 N–H and O–H groups in total. The number of hydrogen-bond donors (Lipinski definition) is 1. The predicted molar refractivity (Wildman–Crippen MR) is 70.6 cm³/mol. The first-order chi connectivity index (χ1) is 8.83. The van der Waals surface area contributed by atoms with Gasteiger partial charge in [-0.2, -0.15) is 0 Å². The molecule has 0 unspecified atom stereocenters. The highest BCUT2D eigenvalue weighted by Gasteiger charge is 2.20. The summed E-state index contributed by atoms with van der Waals surface area (Å²) in [7, 11) is 0. The van der Waals surface area contributed by atoms with E-state index in [9.17, 15) is 4.79 Å².